The molecule has 20 heavy (non-hydrogen) atoms. The van der Waals surface area contributed by atoms with Gasteiger partial charge in [-0.3, -0.25) is 0 Å². The van der Waals surface area contributed by atoms with Crippen LogP contribution in [0.25, 0.3) is 0 Å². The SMILES string of the molecule is CCCCCCCCCN(CCC#N)c1ccccc1. The number of benzene rings is 1. The van der Waals surface area contributed by atoms with E-state index in [1.807, 2.05) is 6.07 Å². The molecule has 1 rings (SSSR count). The largest absolute Gasteiger partial charge is 0.371 e. The minimum atomic E-state index is 0.603. The number of unbranched alkanes of at least 4 members (excludes halogenated alkanes) is 6. The lowest BCUT2D eigenvalue weighted by molar-refractivity contribution is 0.583. The number of para-hydroxylation sites is 1. The first-order valence-corrected chi connectivity index (χ1v) is 8.05. The van der Waals surface area contributed by atoms with Crippen molar-refractivity contribution in [3.05, 3.63) is 30.3 Å². The number of rotatable bonds is 11. The summed E-state index contributed by atoms with van der Waals surface area (Å²) in [7, 11) is 0. The molecule has 110 valence electrons. The van der Waals surface area contributed by atoms with Crippen molar-refractivity contribution >= 4 is 5.69 Å². The lowest BCUT2D eigenvalue weighted by Gasteiger charge is -2.23. The van der Waals surface area contributed by atoms with E-state index in [-0.39, 0.29) is 0 Å². The van der Waals surface area contributed by atoms with Gasteiger partial charge < -0.3 is 4.90 Å². The molecular weight excluding hydrogens is 244 g/mol. The molecule has 0 radical (unpaired) electrons. The molecule has 0 saturated carbocycles. The van der Waals surface area contributed by atoms with E-state index in [4.69, 9.17) is 5.26 Å². The molecule has 0 saturated heterocycles. The molecule has 2 heteroatoms. The highest BCUT2D eigenvalue weighted by atomic mass is 15.1. The average molecular weight is 272 g/mol. The van der Waals surface area contributed by atoms with Crippen LogP contribution < -0.4 is 4.90 Å². The van der Waals surface area contributed by atoms with Crippen LogP contribution in [0.15, 0.2) is 30.3 Å². The van der Waals surface area contributed by atoms with Gasteiger partial charge in [-0.05, 0) is 18.6 Å². The quantitative estimate of drug-likeness (QED) is 0.520. The Labute approximate surface area is 124 Å². The van der Waals surface area contributed by atoms with Crippen LogP contribution in [0.5, 0.6) is 0 Å². The Bertz CT molecular complexity index is 367. The number of hydrogen-bond acceptors (Lipinski definition) is 2. The molecule has 1 aromatic carbocycles. The van der Waals surface area contributed by atoms with Crippen LogP contribution in [0.1, 0.15) is 58.3 Å². The molecule has 0 atom stereocenters. The standard InChI is InChI=1S/C18H28N2/c1-2-3-4-5-6-7-11-16-20(17-12-15-19)18-13-9-8-10-14-18/h8-10,13-14H,2-7,11-12,16-17H2,1H3. The Balaban J connectivity index is 2.26. The second kappa shape index (κ2) is 11.3. The Morgan fingerprint density at radius 3 is 2.20 bits per heavy atom. The van der Waals surface area contributed by atoms with Crippen molar-refractivity contribution in [1.82, 2.24) is 0 Å². The van der Waals surface area contributed by atoms with E-state index in [1.165, 1.54) is 50.6 Å². The molecule has 0 fully saturated rings. The summed E-state index contributed by atoms with van der Waals surface area (Å²) in [5.41, 5.74) is 1.24. The van der Waals surface area contributed by atoms with Gasteiger partial charge in [-0.15, -0.1) is 0 Å². The van der Waals surface area contributed by atoms with Crippen LogP contribution in [-0.2, 0) is 0 Å². The van der Waals surface area contributed by atoms with Crippen LogP contribution >= 0.6 is 0 Å². The van der Waals surface area contributed by atoms with Crippen molar-refractivity contribution < 1.29 is 0 Å². The maximum Gasteiger partial charge on any atom is 0.0640 e. The maximum atomic E-state index is 8.78. The molecule has 0 aliphatic heterocycles. The zero-order chi connectivity index (χ0) is 14.5. The lowest BCUT2D eigenvalue weighted by atomic mass is 10.1. The van der Waals surface area contributed by atoms with Crippen LogP contribution in [0, 0.1) is 11.3 Å². The fraction of sp³-hybridized carbons (Fsp3) is 0.611. The highest BCUT2D eigenvalue weighted by Crippen LogP contribution is 2.15. The number of anilines is 1. The summed E-state index contributed by atoms with van der Waals surface area (Å²) in [5, 5.41) is 8.78. The Kier molecular flexibility index (Phi) is 9.40. The van der Waals surface area contributed by atoms with E-state index in [2.05, 4.69) is 42.2 Å². The summed E-state index contributed by atoms with van der Waals surface area (Å²) < 4.78 is 0. The maximum absolute atomic E-state index is 8.78. The summed E-state index contributed by atoms with van der Waals surface area (Å²) >= 11 is 0. The molecule has 0 N–H and O–H groups in total. The first-order valence-electron chi connectivity index (χ1n) is 8.05. The average Bonchev–Trinajstić information content (AvgIpc) is 2.50. The van der Waals surface area contributed by atoms with Gasteiger partial charge in [0, 0.05) is 18.8 Å². The van der Waals surface area contributed by atoms with Crippen LogP contribution in [0.2, 0.25) is 0 Å². The van der Waals surface area contributed by atoms with Crippen molar-refractivity contribution in [3.8, 4) is 6.07 Å². The number of nitrogens with zero attached hydrogens (tertiary/aromatic N) is 2. The van der Waals surface area contributed by atoms with Crippen LogP contribution in [-0.4, -0.2) is 13.1 Å². The summed E-state index contributed by atoms with van der Waals surface area (Å²) in [5.74, 6) is 0. The number of hydrogen-bond donors (Lipinski definition) is 0. The van der Waals surface area contributed by atoms with Crippen molar-refractivity contribution in [2.75, 3.05) is 18.0 Å². The van der Waals surface area contributed by atoms with Gasteiger partial charge in [0.15, 0.2) is 0 Å². The van der Waals surface area contributed by atoms with Gasteiger partial charge in [0.2, 0.25) is 0 Å². The van der Waals surface area contributed by atoms with Gasteiger partial charge in [-0.2, -0.15) is 5.26 Å². The summed E-state index contributed by atoms with van der Waals surface area (Å²) in [4.78, 5) is 2.34. The van der Waals surface area contributed by atoms with Gasteiger partial charge in [0.1, 0.15) is 0 Å². The summed E-state index contributed by atoms with van der Waals surface area (Å²) in [6.45, 7) is 4.17. The lowest BCUT2D eigenvalue weighted by Crippen LogP contribution is -2.25. The predicted octanol–water partition coefficient (Wildman–Crippen LogP) is 5.16. The van der Waals surface area contributed by atoms with Gasteiger partial charge in [0.25, 0.3) is 0 Å². The topological polar surface area (TPSA) is 27.0 Å². The van der Waals surface area contributed by atoms with E-state index in [0.29, 0.717) is 6.42 Å². The third kappa shape index (κ3) is 7.19. The smallest absolute Gasteiger partial charge is 0.0640 e. The highest BCUT2D eigenvalue weighted by Gasteiger charge is 2.05. The second-order valence-electron chi connectivity index (χ2n) is 5.35. The molecular formula is C18H28N2. The molecule has 2 nitrogen and oxygen atoms in total. The van der Waals surface area contributed by atoms with Crippen molar-refractivity contribution in [1.29, 1.82) is 5.26 Å². The fourth-order valence-electron chi connectivity index (χ4n) is 2.45. The van der Waals surface area contributed by atoms with E-state index in [1.54, 1.807) is 0 Å². The van der Waals surface area contributed by atoms with Crippen molar-refractivity contribution in [2.24, 2.45) is 0 Å². The van der Waals surface area contributed by atoms with Gasteiger partial charge in [-0.25, -0.2) is 0 Å². The van der Waals surface area contributed by atoms with Crippen molar-refractivity contribution in [2.45, 2.75) is 58.3 Å². The Morgan fingerprint density at radius 1 is 0.900 bits per heavy atom. The number of nitriles is 1. The molecule has 0 spiro atoms. The molecule has 1 aromatic rings. The third-order valence-corrected chi connectivity index (χ3v) is 3.65. The van der Waals surface area contributed by atoms with E-state index in [9.17, 15) is 0 Å². The van der Waals surface area contributed by atoms with Gasteiger partial charge in [0.05, 0.1) is 12.5 Å². The minimum absolute atomic E-state index is 0.603. The molecule has 0 heterocycles. The Morgan fingerprint density at radius 2 is 1.55 bits per heavy atom. The zero-order valence-electron chi connectivity index (χ0n) is 12.9. The molecule has 0 aliphatic rings. The third-order valence-electron chi connectivity index (χ3n) is 3.65. The Hall–Kier alpha value is -1.49. The summed E-state index contributed by atoms with van der Waals surface area (Å²) in [6, 6.07) is 12.7. The van der Waals surface area contributed by atoms with E-state index >= 15 is 0 Å². The molecule has 0 unspecified atom stereocenters. The minimum Gasteiger partial charge on any atom is -0.371 e. The predicted molar refractivity (Wildman–Crippen MR) is 86.9 cm³/mol. The monoisotopic (exact) mass is 272 g/mol. The fourth-order valence-corrected chi connectivity index (χ4v) is 2.45. The molecule has 0 aliphatic carbocycles. The highest BCUT2D eigenvalue weighted by molar-refractivity contribution is 5.45. The normalized spacial score (nSPS) is 10.2. The van der Waals surface area contributed by atoms with E-state index in [0.717, 1.165) is 13.1 Å². The first kappa shape index (κ1) is 16.6. The van der Waals surface area contributed by atoms with Crippen LogP contribution in [0.4, 0.5) is 5.69 Å². The molecule has 0 amide bonds. The van der Waals surface area contributed by atoms with Gasteiger partial charge >= 0.3 is 0 Å². The summed E-state index contributed by atoms with van der Waals surface area (Å²) in [6.07, 6.45) is 9.93. The van der Waals surface area contributed by atoms with Gasteiger partial charge in [-0.1, -0.05) is 63.6 Å². The molecule has 0 bridgehead atoms. The first-order chi connectivity index (χ1) is 9.88. The molecule has 0 aromatic heterocycles. The second-order valence-corrected chi connectivity index (χ2v) is 5.35. The zero-order valence-corrected chi connectivity index (χ0v) is 12.9. The van der Waals surface area contributed by atoms with Crippen LogP contribution in [0.3, 0.4) is 0 Å². The van der Waals surface area contributed by atoms with E-state index < -0.39 is 0 Å². The van der Waals surface area contributed by atoms with Crippen molar-refractivity contribution in [3.63, 3.8) is 0 Å².